The summed E-state index contributed by atoms with van der Waals surface area (Å²) >= 11 is 1.45. The van der Waals surface area contributed by atoms with Crippen LogP contribution in [0.1, 0.15) is 50.0 Å². The molecule has 0 atom stereocenters. The van der Waals surface area contributed by atoms with Gasteiger partial charge in [-0.3, -0.25) is 18.7 Å². The maximum Gasteiger partial charge on any atom is 0.332 e. The third-order valence-corrected chi connectivity index (χ3v) is 6.78. The van der Waals surface area contributed by atoms with Crippen LogP contribution in [0.3, 0.4) is 0 Å². The highest BCUT2D eigenvalue weighted by Crippen LogP contribution is 2.28. The van der Waals surface area contributed by atoms with Gasteiger partial charge in [-0.2, -0.15) is 0 Å². The lowest BCUT2D eigenvalue weighted by molar-refractivity contribution is -0.116. The van der Waals surface area contributed by atoms with Gasteiger partial charge in [-0.25, -0.2) is 9.78 Å². The van der Waals surface area contributed by atoms with E-state index in [1.807, 2.05) is 0 Å². The van der Waals surface area contributed by atoms with Crippen LogP contribution in [0.15, 0.2) is 15.9 Å². The Kier molecular flexibility index (Phi) is 6.30. The lowest BCUT2D eigenvalue weighted by Gasteiger charge is -2.19. The maximum atomic E-state index is 12.5. The van der Waals surface area contributed by atoms with E-state index in [0.717, 1.165) is 16.0 Å². The minimum Gasteiger partial charge on any atom is -0.325 e. The molecule has 0 bridgehead atoms. The molecule has 10 nitrogen and oxygen atoms in total. The van der Waals surface area contributed by atoms with Gasteiger partial charge in [0.1, 0.15) is 5.01 Å². The highest BCUT2D eigenvalue weighted by molar-refractivity contribution is 7.15. The Bertz CT molecular complexity index is 1200. The summed E-state index contributed by atoms with van der Waals surface area (Å²) in [7, 11) is 3.03. The Morgan fingerprint density at radius 1 is 1.16 bits per heavy atom. The van der Waals surface area contributed by atoms with Crippen molar-refractivity contribution in [2.45, 2.75) is 57.9 Å². The first-order chi connectivity index (χ1) is 14.9. The molecule has 0 radical (unpaired) electrons. The predicted molar refractivity (Wildman–Crippen MR) is 118 cm³/mol. The fourth-order valence-corrected chi connectivity index (χ4v) is 5.05. The molecule has 1 amide bonds. The minimum atomic E-state index is -0.415. The normalized spacial score (nSPS) is 14.9. The van der Waals surface area contributed by atoms with Crippen molar-refractivity contribution >= 4 is 33.5 Å². The summed E-state index contributed by atoms with van der Waals surface area (Å²) in [6.07, 6.45) is 9.70. The molecular weight excluding hydrogens is 418 g/mol. The second-order valence-electron chi connectivity index (χ2n) is 8.18. The first-order valence-corrected chi connectivity index (χ1v) is 11.5. The molecule has 31 heavy (non-hydrogen) atoms. The Labute approximate surface area is 182 Å². The summed E-state index contributed by atoms with van der Waals surface area (Å²) in [5.74, 6) is 0.549. The molecule has 3 aromatic rings. The third-order valence-electron chi connectivity index (χ3n) is 5.92. The van der Waals surface area contributed by atoms with Crippen LogP contribution in [0.5, 0.6) is 0 Å². The van der Waals surface area contributed by atoms with Crippen molar-refractivity contribution in [1.82, 2.24) is 28.9 Å². The van der Waals surface area contributed by atoms with Crippen LogP contribution in [0.2, 0.25) is 0 Å². The van der Waals surface area contributed by atoms with Crippen LogP contribution in [0.25, 0.3) is 11.2 Å². The van der Waals surface area contributed by atoms with Crippen molar-refractivity contribution in [3.63, 3.8) is 0 Å². The second-order valence-corrected chi connectivity index (χ2v) is 9.24. The molecule has 0 saturated heterocycles. The first-order valence-electron chi connectivity index (χ1n) is 10.7. The van der Waals surface area contributed by atoms with E-state index in [4.69, 9.17) is 0 Å². The molecule has 3 aromatic heterocycles. The largest absolute Gasteiger partial charge is 0.332 e. The van der Waals surface area contributed by atoms with Gasteiger partial charge in [-0.15, -0.1) is 10.2 Å². The molecule has 11 heteroatoms. The van der Waals surface area contributed by atoms with E-state index in [0.29, 0.717) is 35.2 Å². The number of nitrogens with zero attached hydrogens (tertiary/aromatic N) is 6. The van der Waals surface area contributed by atoms with Crippen molar-refractivity contribution in [2.24, 2.45) is 20.0 Å². The topological polar surface area (TPSA) is 117 Å². The number of hydrogen-bond acceptors (Lipinski definition) is 7. The summed E-state index contributed by atoms with van der Waals surface area (Å²) in [4.78, 5) is 41.0. The van der Waals surface area contributed by atoms with Crippen molar-refractivity contribution in [3.05, 3.63) is 32.2 Å². The van der Waals surface area contributed by atoms with Gasteiger partial charge in [0, 0.05) is 33.5 Å². The molecule has 0 aromatic carbocycles. The molecule has 3 heterocycles. The van der Waals surface area contributed by atoms with E-state index in [1.54, 1.807) is 11.6 Å². The van der Waals surface area contributed by atoms with Gasteiger partial charge < -0.3 is 9.88 Å². The smallest absolute Gasteiger partial charge is 0.325 e. The van der Waals surface area contributed by atoms with Gasteiger partial charge in [0.15, 0.2) is 11.2 Å². The zero-order chi connectivity index (χ0) is 22.0. The molecule has 0 aliphatic heterocycles. The molecule has 0 spiro atoms. The van der Waals surface area contributed by atoms with Crippen LogP contribution >= 0.6 is 11.3 Å². The zero-order valence-corrected chi connectivity index (χ0v) is 18.7. The van der Waals surface area contributed by atoms with Crippen LogP contribution in [-0.2, 0) is 31.9 Å². The first kappa shape index (κ1) is 21.4. The number of hydrogen-bond donors (Lipinski definition) is 1. The monoisotopic (exact) mass is 445 g/mol. The quantitative estimate of drug-likeness (QED) is 0.593. The standard InChI is InChI=1S/C20H27N7O3S/c1-25-17-16(18(29)26(2)20(25)30)27(12-21-17)10-6-9-14(28)22-19-24-23-15(31-19)11-13-7-4-3-5-8-13/h12-13H,3-11H2,1-2H3,(H,22,24,28). The fourth-order valence-electron chi connectivity index (χ4n) is 4.18. The van der Waals surface area contributed by atoms with Gasteiger partial charge in [-0.05, 0) is 12.3 Å². The number of fused-ring (bicyclic) bond motifs is 1. The molecule has 1 N–H and O–H groups in total. The number of nitrogens with one attached hydrogen (secondary N) is 1. The fraction of sp³-hybridized carbons (Fsp3) is 0.600. The van der Waals surface area contributed by atoms with Crippen LogP contribution < -0.4 is 16.6 Å². The van der Waals surface area contributed by atoms with E-state index in [2.05, 4.69) is 20.5 Å². The van der Waals surface area contributed by atoms with Gasteiger partial charge >= 0.3 is 5.69 Å². The number of carbonyl (C=O) groups is 1. The molecule has 1 aliphatic carbocycles. The van der Waals surface area contributed by atoms with E-state index >= 15 is 0 Å². The number of aryl methyl sites for hydroxylation is 2. The second kappa shape index (κ2) is 9.13. The molecule has 1 saturated carbocycles. The number of imidazole rings is 1. The van der Waals surface area contributed by atoms with E-state index in [1.165, 1.54) is 61.4 Å². The summed E-state index contributed by atoms with van der Waals surface area (Å²) in [5.41, 5.74) is -0.0974. The number of aromatic nitrogens is 6. The third kappa shape index (κ3) is 4.60. The van der Waals surface area contributed by atoms with E-state index < -0.39 is 5.69 Å². The Balaban J connectivity index is 1.32. The lowest BCUT2D eigenvalue weighted by atomic mass is 9.87. The van der Waals surface area contributed by atoms with Crippen LogP contribution in [0, 0.1) is 5.92 Å². The van der Waals surface area contributed by atoms with Gasteiger partial charge in [-0.1, -0.05) is 43.4 Å². The molecule has 0 unspecified atom stereocenters. The van der Waals surface area contributed by atoms with Crippen molar-refractivity contribution < 1.29 is 4.79 Å². The van der Waals surface area contributed by atoms with E-state index in [9.17, 15) is 14.4 Å². The van der Waals surface area contributed by atoms with Gasteiger partial charge in [0.25, 0.3) is 5.56 Å². The molecule has 166 valence electrons. The zero-order valence-electron chi connectivity index (χ0n) is 17.8. The average Bonchev–Trinajstić information content (AvgIpc) is 3.38. The van der Waals surface area contributed by atoms with Crippen LogP contribution in [-0.4, -0.2) is 34.8 Å². The van der Waals surface area contributed by atoms with Crippen molar-refractivity contribution in [3.8, 4) is 0 Å². The molecule has 1 aliphatic rings. The molecule has 4 rings (SSSR count). The Morgan fingerprint density at radius 2 is 1.94 bits per heavy atom. The lowest BCUT2D eigenvalue weighted by Crippen LogP contribution is -2.37. The van der Waals surface area contributed by atoms with Gasteiger partial charge in [0.2, 0.25) is 11.0 Å². The van der Waals surface area contributed by atoms with Gasteiger partial charge in [0.05, 0.1) is 6.33 Å². The van der Waals surface area contributed by atoms with Crippen LogP contribution in [0.4, 0.5) is 5.13 Å². The number of anilines is 1. The highest BCUT2D eigenvalue weighted by Gasteiger charge is 2.17. The summed E-state index contributed by atoms with van der Waals surface area (Å²) in [6.45, 7) is 0.445. The minimum absolute atomic E-state index is 0.134. The number of carbonyl (C=O) groups excluding carboxylic acids is 1. The molecular formula is C20H27N7O3S. The Hall–Kier alpha value is -2.82. The van der Waals surface area contributed by atoms with Crippen molar-refractivity contribution in [2.75, 3.05) is 5.32 Å². The number of rotatable bonds is 7. The average molecular weight is 446 g/mol. The summed E-state index contributed by atoms with van der Waals surface area (Å²) in [5, 5.41) is 12.7. The highest BCUT2D eigenvalue weighted by atomic mass is 32.1. The van der Waals surface area contributed by atoms with E-state index in [-0.39, 0.29) is 17.9 Å². The SMILES string of the molecule is Cn1c(=O)c2c(ncn2CCCC(=O)Nc2nnc(CC3CCCCC3)s2)n(C)c1=O. The van der Waals surface area contributed by atoms with Crippen molar-refractivity contribution in [1.29, 1.82) is 0 Å². The summed E-state index contributed by atoms with van der Waals surface area (Å²) < 4.78 is 4.10. The summed E-state index contributed by atoms with van der Waals surface area (Å²) in [6, 6.07) is 0. The predicted octanol–water partition coefficient (Wildman–Crippen LogP) is 1.83. The Morgan fingerprint density at radius 3 is 2.71 bits per heavy atom. The number of amides is 1. The maximum absolute atomic E-state index is 12.5. The molecule has 1 fully saturated rings.